The first-order chi connectivity index (χ1) is 4.93. The lowest BCUT2D eigenvalue weighted by Crippen LogP contribution is -2.18. The molecule has 0 atom stereocenters. The van der Waals surface area contributed by atoms with Gasteiger partial charge in [-0.3, -0.25) is 0 Å². The Hall–Kier alpha value is -1.03. The number of anilines is 1. The fourth-order valence-electron chi connectivity index (χ4n) is 0.668. The van der Waals surface area contributed by atoms with Gasteiger partial charge in [-0.25, -0.2) is 4.98 Å². The lowest BCUT2D eigenvalue weighted by Gasteiger charge is -1.99. The average Bonchev–Trinajstić information content (AvgIpc) is 2.41. The third kappa shape index (κ3) is 2.06. The number of likely N-dealkylation sites (N-methyl/N-ethyl adjacent to an activating group) is 1. The standard InChI is InChI=1S/C6H12N4/c1-7-2-3-8-6-9-4-5-10-6/h4-5,7H,2-3H2,1H3,(H2,8,9,10). The van der Waals surface area contributed by atoms with Crippen molar-refractivity contribution in [2.45, 2.75) is 0 Å². The highest BCUT2D eigenvalue weighted by Crippen LogP contribution is 1.91. The fraction of sp³-hybridized carbons (Fsp3) is 0.500. The first-order valence-corrected chi connectivity index (χ1v) is 3.31. The van der Waals surface area contributed by atoms with Gasteiger partial charge in [0.25, 0.3) is 0 Å². The number of aromatic nitrogens is 2. The molecule has 4 heteroatoms. The zero-order valence-electron chi connectivity index (χ0n) is 6.02. The first-order valence-electron chi connectivity index (χ1n) is 3.31. The van der Waals surface area contributed by atoms with E-state index in [2.05, 4.69) is 20.6 Å². The minimum Gasteiger partial charge on any atom is -0.355 e. The van der Waals surface area contributed by atoms with Gasteiger partial charge in [-0.2, -0.15) is 0 Å². The molecule has 0 bridgehead atoms. The van der Waals surface area contributed by atoms with Crippen molar-refractivity contribution >= 4 is 5.95 Å². The number of imidazole rings is 1. The third-order valence-electron chi connectivity index (χ3n) is 1.17. The van der Waals surface area contributed by atoms with Crippen molar-refractivity contribution in [1.29, 1.82) is 0 Å². The van der Waals surface area contributed by atoms with Crippen LogP contribution in [0.25, 0.3) is 0 Å². The van der Waals surface area contributed by atoms with Gasteiger partial charge in [0.2, 0.25) is 0 Å². The molecule has 0 aliphatic rings. The van der Waals surface area contributed by atoms with Gasteiger partial charge in [0.1, 0.15) is 0 Å². The molecule has 1 rings (SSSR count). The molecule has 1 heterocycles. The summed E-state index contributed by atoms with van der Waals surface area (Å²) < 4.78 is 0. The number of hydrogen-bond donors (Lipinski definition) is 3. The van der Waals surface area contributed by atoms with Gasteiger partial charge in [-0.1, -0.05) is 0 Å². The third-order valence-corrected chi connectivity index (χ3v) is 1.17. The van der Waals surface area contributed by atoms with Gasteiger partial charge in [-0.15, -0.1) is 0 Å². The molecule has 1 aromatic heterocycles. The molecule has 0 aromatic carbocycles. The Bertz CT molecular complexity index is 158. The van der Waals surface area contributed by atoms with E-state index in [1.54, 1.807) is 12.4 Å². The molecule has 0 saturated carbocycles. The summed E-state index contributed by atoms with van der Waals surface area (Å²) in [6, 6.07) is 0. The Morgan fingerprint density at radius 2 is 2.50 bits per heavy atom. The quantitative estimate of drug-likeness (QED) is 0.518. The Morgan fingerprint density at radius 3 is 3.10 bits per heavy atom. The van der Waals surface area contributed by atoms with Crippen LogP contribution in [-0.4, -0.2) is 30.1 Å². The molecule has 0 aliphatic carbocycles. The zero-order valence-corrected chi connectivity index (χ0v) is 6.02. The monoisotopic (exact) mass is 140 g/mol. The molecule has 10 heavy (non-hydrogen) atoms. The predicted molar refractivity (Wildman–Crippen MR) is 41.0 cm³/mol. The molecule has 4 nitrogen and oxygen atoms in total. The van der Waals surface area contributed by atoms with Crippen LogP contribution in [0.5, 0.6) is 0 Å². The van der Waals surface area contributed by atoms with Gasteiger partial charge in [0.15, 0.2) is 5.95 Å². The van der Waals surface area contributed by atoms with Crippen LogP contribution >= 0.6 is 0 Å². The number of H-pyrrole nitrogens is 1. The first kappa shape index (κ1) is 7.08. The highest BCUT2D eigenvalue weighted by Gasteiger charge is 1.88. The molecule has 0 saturated heterocycles. The summed E-state index contributed by atoms with van der Waals surface area (Å²) in [5.74, 6) is 0.829. The van der Waals surface area contributed by atoms with E-state index >= 15 is 0 Å². The molecule has 56 valence electrons. The Morgan fingerprint density at radius 1 is 1.60 bits per heavy atom. The fourth-order valence-corrected chi connectivity index (χ4v) is 0.668. The smallest absolute Gasteiger partial charge is 0.200 e. The second-order valence-corrected chi connectivity index (χ2v) is 1.97. The summed E-state index contributed by atoms with van der Waals surface area (Å²) >= 11 is 0. The maximum atomic E-state index is 3.99. The lowest BCUT2D eigenvalue weighted by atomic mass is 10.6. The molecule has 0 unspecified atom stereocenters. The highest BCUT2D eigenvalue weighted by atomic mass is 15.1. The van der Waals surface area contributed by atoms with Crippen LogP contribution < -0.4 is 10.6 Å². The molecule has 0 fully saturated rings. The minimum absolute atomic E-state index is 0.829. The van der Waals surface area contributed by atoms with E-state index in [1.807, 2.05) is 7.05 Å². The lowest BCUT2D eigenvalue weighted by molar-refractivity contribution is 0.819. The summed E-state index contributed by atoms with van der Waals surface area (Å²) in [6.07, 6.45) is 3.52. The number of rotatable bonds is 4. The number of aromatic amines is 1. The van der Waals surface area contributed by atoms with Gasteiger partial charge >= 0.3 is 0 Å². The van der Waals surface area contributed by atoms with E-state index in [4.69, 9.17) is 0 Å². The normalized spacial score (nSPS) is 9.70. The summed E-state index contributed by atoms with van der Waals surface area (Å²) in [6.45, 7) is 1.84. The number of nitrogens with zero attached hydrogens (tertiary/aromatic N) is 1. The predicted octanol–water partition coefficient (Wildman–Crippen LogP) is 0.0410. The molecule has 0 spiro atoms. The van der Waals surface area contributed by atoms with Gasteiger partial charge in [0.05, 0.1) is 0 Å². The largest absolute Gasteiger partial charge is 0.355 e. The van der Waals surface area contributed by atoms with Crippen molar-refractivity contribution in [2.24, 2.45) is 0 Å². The van der Waals surface area contributed by atoms with Crippen molar-refractivity contribution < 1.29 is 0 Å². The van der Waals surface area contributed by atoms with Crippen LogP contribution in [0.2, 0.25) is 0 Å². The maximum Gasteiger partial charge on any atom is 0.200 e. The van der Waals surface area contributed by atoms with Crippen molar-refractivity contribution in [3.05, 3.63) is 12.4 Å². The molecular formula is C6H12N4. The Kier molecular flexibility index (Phi) is 2.76. The van der Waals surface area contributed by atoms with Crippen molar-refractivity contribution in [1.82, 2.24) is 15.3 Å². The zero-order chi connectivity index (χ0) is 7.23. The molecule has 0 radical (unpaired) electrons. The summed E-state index contributed by atoms with van der Waals surface area (Å²) in [5, 5.41) is 6.12. The highest BCUT2D eigenvalue weighted by molar-refractivity contribution is 5.22. The van der Waals surface area contributed by atoms with Gasteiger partial charge < -0.3 is 15.6 Å². The van der Waals surface area contributed by atoms with Crippen LogP contribution in [0, 0.1) is 0 Å². The van der Waals surface area contributed by atoms with Crippen molar-refractivity contribution in [3.8, 4) is 0 Å². The number of nitrogens with one attached hydrogen (secondary N) is 3. The SMILES string of the molecule is CNCCNc1ncc[nH]1. The van der Waals surface area contributed by atoms with Crippen LogP contribution in [0.3, 0.4) is 0 Å². The van der Waals surface area contributed by atoms with Crippen molar-refractivity contribution in [2.75, 3.05) is 25.5 Å². The van der Waals surface area contributed by atoms with Crippen LogP contribution in [0.15, 0.2) is 12.4 Å². The van der Waals surface area contributed by atoms with Crippen LogP contribution in [-0.2, 0) is 0 Å². The Balaban J connectivity index is 2.15. The molecular weight excluding hydrogens is 128 g/mol. The van der Waals surface area contributed by atoms with E-state index in [9.17, 15) is 0 Å². The summed E-state index contributed by atoms with van der Waals surface area (Å²) in [7, 11) is 1.92. The van der Waals surface area contributed by atoms with Gasteiger partial charge in [-0.05, 0) is 7.05 Å². The summed E-state index contributed by atoms with van der Waals surface area (Å²) in [5.41, 5.74) is 0. The second kappa shape index (κ2) is 3.90. The maximum absolute atomic E-state index is 3.99. The van der Waals surface area contributed by atoms with Crippen LogP contribution in [0.4, 0.5) is 5.95 Å². The minimum atomic E-state index is 0.829. The van der Waals surface area contributed by atoms with Crippen LogP contribution in [0.1, 0.15) is 0 Å². The van der Waals surface area contributed by atoms with E-state index in [0.29, 0.717) is 0 Å². The molecule has 0 amide bonds. The van der Waals surface area contributed by atoms with E-state index in [0.717, 1.165) is 19.0 Å². The topological polar surface area (TPSA) is 52.7 Å². The Labute approximate surface area is 60.1 Å². The van der Waals surface area contributed by atoms with Gasteiger partial charge in [0, 0.05) is 25.5 Å². The van der Waals surface area contributed by atoms with Crippen molar-refractivity contribution in [3.63, 3.8) is 0 Å². The molecule has 0 aliphatic heterocycles. The molecule has 1 aromatic rings. The number of hydrogen-bond acceptors (Lipinski definition) is 3. The second-order valence-electron chi connectivity index (χ2n) is 1.97. The van der Waals surface area contributed by atoms with E-state index in [1.165, 1.54) is 0 Å². The average molecular weight is 140 g/mol. The van der Waals surface area contributed by atoms with E-state index < -0.39 is 0 Å². The molecule has 3 N–H and O–H groups in total. The van der Waals surface area contributed by atoms with E-state index in [-0.39, 0.29) is 0 Å². The summed E-state index contributed by atoms with van der Waals surface area (Å²) in [4.78, 5) is 6.94.